The number of esters is 2. The van der Waals surface area contributed by atoms with Gasteiger partial charge in [0.25, 0.3) is 0 Å². The van der Waals surface area contributed by atoms with Gasteiger partial charge in [0.15, 0.2) is 0 Å². The molecule has 0 aliphatic heterocycles. The van der Waals surface area contributed by atoms with E-state index in [-0.39, 0.29) is 13.0 Å². The summed E-state index contributed by atoms with van der Waals surface area (Å²) >= 11 is 0. The second-order valence-corrected chi connectivity index (χ2v) is 8.85. The van der Waals surface area contributed by atoms with Crippen molar-refractivity contribution in [3.05, 3.63) is 96.1 Å². The molecule has 0 radical (unpaired) electrons. The summed E-state index contributed by atoms with van der Waals surface area (Å²) in [5.74, 6) is -1.41. The van der Waals surface area contributed by atoms with E-state index in [4.69, 9.17) is 9.47 Å². The minimum absolute atomic E-state index is 0.0225. The number of hydrogen-bond donors (Lipinski definition) is 0. The van der Waals surface area contributed by atoms with Gasteiger partial charge in [-0.25, -0.2) is 0 Å². The van der Waals surface area contributed by atoms with Crippen molar-refractivity contribution in [2.75, 3.05) is 0 Å². The number of benzene rings is 3. The lowest BCUT2D eigenvalue weighted by molar-refractivity contribution is -0.162. The first-order chi connectivity index (χ1) is 15.3. The van der Waals surface area contributed by atoms with Gasteiger partial charge in [-0.15, -0.1) is 0 Å². The van der Waals surface area contributed by atoms with Gasteiger partial charge in [0.1, 0.15) is 12.2 Å². The molecule has 0 aliphatic carbocycles. The van der Waals surface area contributed by atoms with Crippen LogP contribution in [0.4, 0.5) is 0 Å². The van der Waals surface area contributed by atoms with E-state index in [0.717, 1.165) is 22.3 Å². The summed E-state index contributed by atoms with van der Waals surface area (Å²) in [5.41, 5.74) is 3.50. The van der Waals surface area contributed by atoms with E-state index in [9.17, 15) is 9.59 Å². The molecule has 0 heterocycles. The molecule has 3 aromatic carbocycles. The van der Waals surface area contributed by atoms with Crippen molar-refractivity contribution in [3.8, 4) is 11.1 Å². The Kier molecular flexibility index (Phi) is 7.82. The van der Waals surface area contributed by atoms with Gasteiger partial charge in [-0.3, -0.25) is 9.59 Å². The van der Waals surface area contributed by atoms with Crippen LogP contribution in [0, 0.1) is 5.92 Å². The average molecular weight is 431 g/mol. The maximum absolute atomic E-state index is 12.9. The summed E-state index contributed by atoms with van der Waals surface area (Å²) in [6.07, 6.45) is 0.382. The van der Waals surface area contributed by atoms with Crippen LogP contribution >= 0.6 is 0 Å². The molecule has 0 amide bonds. The molecule has 0 aromatic heterocycles. The Bertz CT molecular complexity index is 1000. The molecule has 0 spiro atoms. The highest BCUT2D eigenvalue weighted by Crippen LogP contribution is 2.23. The highest BCUT2D eigenvalue weighted by Gasteiger charge is 2.27. The van der Waals surface area contributed by atoms with Gasteiger partial charge < -0.3 is 9.47 Å². The molecule has 4 nitrogen and oxygen atoms in total. The summed E-state index contributed by atoms with van der Waals surface area (Å²) in [5, 5.41) is 0. The molecule has 4 heteroatoms. The van der Waals surface area contributed by atoms with Gasteiger partial charge in [-0.1, -0.05) is 84.9 Å². The summed E-state index contributed by atoms with van der Waals surface area (Å²) < 4.78 is 11.0. The summed E-state index contributed by atoms with van der Waals surface area (Å²) in [7, 11) is 0. The Morgan fingerprint density at radius 2 is 1.31 bits per heavy atom. The van der Waals surface area contributed by atoms with E-state index in [0.29, 0.717) is 6.42 Å². The molecule has 0 unspecified atom stereocenters. The van der Waals surface area contributed by atoms with Crippen LogP contribution in [0.3, 0.4) is 0 Å². The lowest BCUT2D eigenvalue weighted by atomic mass is 9.94. The van der Waals surface area contributed by atoms with Crippen LogP contribution in [0.2, 0.25) is 0 Å². The first-order valence-electron chi connectivity index (χ1n) is 10.9. The molecule has 3 rings (SSSR count). The molecule has 0 bridgehead atoms. The van der Waals surface area contributed by atoms with Crippen molar-refractivity contribution in [3.63, 3.8) is 0 Å². The fourth-order valence-corrected chi connectivity index (χ4v) is 3.42. The third-order valence-electron chi connectivity index (χ3n) is 4.93. The second kappa shape index (κ2) is 10.8. The van der Waals surface area contributed by atoms with Crippen molar-refractivity contribution < 1.29 is 19.1 Å². The summed E-state index contributed by atoms with van der Waals surface area (Å²) in [4.78, 5) is 25.3. The van der Waals surface area contributed by atoms with Crippen molar-refractivity contribution in [2.45, 2.75) is 45.8 Å². The molecule has 32 heavy (non-hydrogen) atoms. The zero-order chi connectivity index (χ0) is 23.0. The SMILES string of the molecule is CC(C)(C)OC(=O)C[C@H](Cc1ccc(-c2ccccc2)cc1)C(=O)OCc1ccccc1. The van der Waals surface area contributed by atoms with Crippen molar-refractivity contribution in [1.82, 2.24) is 0 Å². The highest BCUT2D eigenvalue weighted by molar-refractivity contribution is 5.80. The molecule has 0 N–H and O–H groups in total. The van der Waals surface area contributed by atoms with Gasteiger partial charge in [-0.2, -0.15) is 0 Å². The Hall–Kier alpha value is -3.40. The van der Waals surface area contributed by atoms with Crippen molar-refractivity contribution in [2.24, 2.45) is 5.92 Å². The third-order valence-corrected chi connectivity index (χ3v) is 4.93. The third kappa shape index (κ3) is 7.38. The lowest BCUT2D eigenvalue weighted by Gasteiger charge is -2.22. The Morgan fingerprint density at radius 1 is 0.750 bits per heavy atom. The maximum atomic E-state index is 12.9. The molecule has 0 aliphatic rings. The Balaban J connectivity index is 1.70. The van der Waals surface area contributed by atoms with Gasteiger partial charge in [-0.05, 0) is 49.4 Å². The van der Waals surface area contributed by atoms with Crippen LogP contribution in [0.5, 0.6) is 0 Å². The van der Waals surface area contributed by atoms with E-state index in [1.54, 1.807) is 0 Å². The zero-order valence-electron chi connectivity index (χ0n) is 18.9. The summed E-state index contributed by atoms with van der Waals surface area (Å²) in [6, 6.07) is 27.7. The smallest absolute Gasteiger partial charge is 0.310 e. The Labute approximate surface area is 190 Å². The molecule has 166 valence electrons. The minimum Gasteiger partial charge on any atom is -0.461 e. The normalized spacial score (nSPS) is 12.1. The number of rotatable bonds is 8. The van der Waals surface area contributed by atoms with Gasteiger partial charge in [0.05, 0.1) is 12.3 Å². The monoisotopic (exact) mass is 430 g/mol. The number of hydrogen-bond acceptors (Lipinski definition) is 4. The Morgan fingerprint density at radius 3 is 1.91 bits per heavy atom. The van der Waals surface area contributed by atoms with Crippen LogP contribution in [0.1, 0.15) is 38.3 Å². The first-order valence-corrected chi connectivity index (χ1v) is 10.9. The van der Waals surface area contributed by atoms with Crippen LogP contribution < -0.4 is 0 Å². The van der Waals surface area contributed by atoms with Crippen molar-refractivity contribution in [1.29, 1.82) is 0 Å². The molecule has 0 saturated carbocycles. The molecular formula is C28H30O4. The molecule has 0 saturated heterocycles. The van der Waals surface area contributed by atoms with Crippen molar-refractivity contribution >= 4 is 11.9 Å². The number of ether oxygens (including phenoxy) is 2. The molecule has 1 atom stereocenters. The quantitative estimate of drug-likeness (QED) is 0.412. The maximum Gasteiger partial charge on any atom is 0.310 e. The highest BCUT2D eigenvalue weighted by atomic mass is 16.6. The second-order valence-electron chi connectivity index (χ2n) is 8.85. The molecular weight excluding hydrogens is 400 g/mol. The predicted molar refractivity (Wildman–Crippen MR) is 126 cm³/mol. The topological polar surface area (TPSA) is 52.6 Å². The number of carbonyl (C=O) groups is 2. The van der Waals surface area contributed by atoms with Gasteiger partial charge in [0.2, 0.25) is 0 Å². The van der Waals surface area contributed by atoms with E-state index in [1.165, 1.54) is 0 Å². The minimum atomic E-state index is -0.615. The lowest BCUT2D eigenvalue weighted by Crippen LogP contribution is -2.29. The van der Waals surface area contributed by atoms with E-state index >= 15 is 0 Å². The predicted octanol–water partition coefficient (Wildman–Crippen LogP) is 5.99. The van der Waals surface area contributed by atoms with E-state index in [1.807, 2.05) is 93.6 Å². The fraction of sp³-hybridized carbons (Fsp3) is 0.286. The van der Waals surface area contributed by atoms with Crippen LogP contribution in [0.25, 0.3) is 11.1 Å². The zero-order valence-corrected chi connectivity index (χ0v) is 18.9. The number of carbonyl (C=O) groups excluding carboxylic acids is 2. The van der Waals surface area contributed by atoms with Gasteiger partial charge >= 0.3 is 11.9 Å². The largest absolute Gasteiger partial charge is 0.461 e. The van der Waals surface area contributed by atoms with Crippen LogP contribution in [-0.2, 0) is 32.1 Å². The molecule has 3 aromatic rings. The molecule has 0 fully saturated rings. The van der Waals surface area contributed by atoms with E-state index in [2.05, 4.69) is 12.1 Å². The van der Waals surface area contributed by atoms with E-state index < -0.39 is 23.5 Å². The first kappa shape index (κ1) is 23.3. The van der Waals surface area contributed by atoms with Gasteiger partial charge in [0, 0.05) is 0 Å². The standard InChI is InChI=1S/C28H30O4/c1-28(2,3)32-26(29)19-25(27(30)31-20-22-10-6-4-7-11-22)18-21-14-16-24(17-15-21)23-12-8-5-9-13-23/h4-17,25H,18-20H2,1-3H3/t25-/m0/s1. The van der Waals surface area contributed by atoms with Crippen LogP contribution in [-0.4, -0.2) is 17.5 Å². The average Bonchev–Trinajstić information content (AvgIpc) is 2.77. The fourth-order valence-electron chi connectivity index (χ4n) is 3.42. The summed E-state index contributed by atoms with van der Waals surface area (Å²) in [6.45, 7) is 5.62. The van der Waals surface area contributed by atoms with Crippen LogP contribution in [0.15, 0.2) is 84.9 Å².